The average molecular weight is 580 g/mol. The molecule has 0 bridgehead atoms. The van der Waals surface area contributed by atoms with E-state index in [9.17, 15) is 19.5 Å². The van der Waals surface area contributed by atoms with Crippen molar-refractivity contribution in [3.05, 3.63) is 106 Å². The molecule has 210 valence electrons. The molecule has 1 heterocycles. The average Bonchev–Trinajstić information content (AvgIpc) is 3.27. The van der Waals surface area contributed by atoms with Crippen LogP contribution >= 0.6 is 23.4 Å². The van der Waals surface area contributed by atoms with E-state index in [0.717, 1.165) is 16.7 Å². The van der Waals surface area contributed by atoms with Crippen molar-refractivity contribution >= 4 is 41.1 Å². The van der Waals surface area contributed by atoms with Gasteiger partial charge >= 0.3 is 0 Å². The summed E-state index contributed by atoms with van der Waals surface area (Å²) in [6, 6.07) is 21.8. The Morgan fingerprint density at radius 1 is 1.02 bits per heavy atom. The normalized spacial score (nSPS) is 17.6. The number of hydrogen-bond acceptors (Lipinski definition) is 5. The van der Waals surface area contributed by atoms with Crippen LogP contribution in [0.25, 0.3) is 0 Å². The highest BCUT2D eigenvalue weighted by Gasteiger charge is 2.49. The molecule has 1 fully saturated rings. The highest BCUT2D eigenvalue weighted by Crippen LogP contribution is 2.40. The van der Waals surface area contributed by atoms with Gasteiger partial charge in [-0.15, -0.1) is 11.8 Å². The molecule has 3 N–H and O–H groups in total. The SMILES string of the molecule is Cc1ccccc1CNC(=O)C1N(C(=O)C(O)C(Cc2ccccc2)NC(=O)c2ccc(Cl)cc2)CSC1(C)C. The van der Waals surface area contributed by atoms with Gasteiger partial charge in [-0.2, -0.15) is 0 Å². The fraction of sp³-hybridized carbons (Fsp3) is 0.323. The van der Waals surface area contributed by atoms with Crippen molar-refractivity contribution in [2.24, 2.45) is 0 Å². The third-order valence-electron chi connectivity index (χ3n) is 7.15. The number of nitrogens with zero attached hydrogens (tertiary/aromatic N) is 1. The third kappa shape index (κ3) is 7.05. The summed E-state index contributed by atoms with van der Waals surface area (Å²) in [5.74, 6) is -1.09. The fourth-order valence-corrected chi connectivity index (χ4v) is 6.07. The minimum absolute atomic E-state index is 0.224. The number of thioether (sulfide) groups is 1. The van der Waals surface area contributed by atoms with Crippen molar-refractivity contribution in [2.45, 2.75) is 56.7 Å². The number of rotatable bonds is 9. The van der Waals surface area contributed by atoms with Gasteiger partial charge in [0.2, 0.25) is 5.91 Å². The van der Waals surface area contributed by atoms with Crippen molar-refractivity contribution in [1.82, 2.24) is 15.5 Å². The van der Waals surface area contributed by atoms with Crippen LogP contribution in [-0.2, 0) is 22.6 Å². The first-order valence-corrected chi connectivity index (χ1v) is 14.5. The first-order chi connectivity index (χ1) is 19.1. The Balaban J connectivity index is 1.54. The summed E-state index contributed by atoms with van der Waals surface area (Å²) in [5, 5.41) is 17.7. The number of aliphatic hydroxyl groups is 1. The zero-order valence-corrected chi connectivity index (χ0v) is 24.3. The summed E-state index contributed by atoms with van der Waals surface area (Å²) in [4.78, 5) is 41.7. The van der Waals surface area contributed by atoms with Gasteiger partial charge in [-0.05, 0) is 68.1 Å². The molecule has 7 nitrogen and oxygen atoms in total. The molecule has 0 spiro atoms. The number of aliphatic hydroxyl groups excluding tert-OH is 1. The van der Waals surface area contributed by atoms with Crippen molar-refractivity contribution in [3.63, 3.8) is 0 Å². The van der Waals surface area contributed by atoms with Crippen LogP contribution in [0.4, 0.5) is 0 Å². The molecular weight excluding hydrogens is 546 g/mol. The minimum atomic E-state index is -1.57. The predicted octanol–water partition coefficient (Wildman–Crippen LogP) is 4.35. The first kappa shape index (κ1) is 29.6. The summed E-state index contributed by atoms with van der Waals surface area (Å²) in [6.07, 6.45) is -1.35. The number of carbonyl (C=O) groups is 3. The van der Waals surface area contributed by atoms with Gasteiger partial charge in [-0.3, -0.25) is 14.4 Å². The monoisotopic (exact) mass is 579 g/mol. The van der Waals surface area contributed by atoms with Gasteiger partial charge < -0.3 is 20.6 Å². The second-order valence-electron chi connectivity index (χ2n) is 10.5. The summed E-state index contributed by atoms with van der Waals surface area (Å²) < 4.78 is -0.577. The maximum absolute atomic E-state index is 13.8. The first-order valence-electron chi connectivity index (χ1n) is 13.1. The lowest BCUT2D eigenvalue weighted by molar-refractivity contribution is -0.147. The van der Waals surface area contributed by atoms with E-state index >= 15 is 0 Å². The van der Waals surface area contributed by atoms with E-state index in [4.69, 9.17) is 11.6 Å². The van der Waals surface area contributed by atoms with Gasteiger partial charge in [0.05, 0.1) is 11.9 Å². The molecule has 1 aliphatic heterocycles. The van der Waals surface area contributed by atoms with Crippen LogP contribution in [0.5, 0.6) is 0 Å². The fourth-order valence-electron chi connectivity index (χ4n) is 4.80. The van der Waals surface area contributed by atoms with Gasteiger partial charge in [-0.1, -0.05) is 66.2 Å². The van der Waals surface area contributed by atoms with Crippen molar-refractivity contribution in [1.29, 1.82) is 0 Å². The molecule has 3 aromatic rings. The number of nitrogens with one attached hydrogen (secondary N) is 2. The van der Waals surface area contributed by atoms with Crippen molar-refractivity contribution in [2.75, 3.05) is 5.88 Å². The van der Waals surface area contributed by atoms with Gasteiger partial charge in [0.1, 0.15) is 6.04 Å². The molecule has 3 amide bonds. The summed E-state index contributed by atoms with van der Waals surface area (Å²) in [5.41, 5.74) is 3.25. The molecular formula is C31H34ClN3O4S. The Kier molecular flexibility index (Phi) is 9.56. The lowest BCUT2D eigenvalue weighted by atomic mass is 9.96. The molecule has 1 aliphatic rings. The van der Waals surface area contributed by atoms with Gasteiger partial charge in [0, 0.05) is 21.9 Å². The van der Waals surface area contributed by atoms with E-state index in [2.05, 4.69) is 10.6 Å². The second kappa shape index (κ2) is 12.9. The Labute approximate surface area is 244 Å². The number of hydrogen-bond donors (Lipinski definition) is 3. The number of aryl methyl sites for hydroxylation is 1. The second-order valence-corrected chi connectivity index (χ2v) is 12.5. The Morgan fingerprint density at radius 2 is 1.68 bits per heavy atom. The van der Waals surface area contributed by atoms with Crippen LogP contribution < -0.4 is 10.6 Å². The number of amides is 3. The van der Waals surface area contributed by atoms with E-state index in [0.29, 0.717) is 17.1 Å². The van der Waals surface area contributed by atoms with E-state index < -0.39 is 34.7 Å². The van der Waals surface area contributed by atoms with Crippen LogP contribution in [-0.4, -0.2) is 56.5 Å². The van der Waals surface area contributed by atoms with E-state index in [1.165, 1.54) is 16.7 Å². The number of carbonyl (C=O) groups excluding carboxylic acids is 3. The van der Waals surface area contributed by atoms with E-state index in [-0.39, 0.29) is 18.2 Å². The molecule has 0 aliphatic carbocycles. The molecule has 4 rings (SSSR count). The Hall–Kier alpha value is -3.33. The van der Waals surface area contributed by atoms with Gasteiger partial charge in [0.25, 0.3) is 11.8 Å². The van der Waals surface area contributed by atoms with Crippen LogP contribution in [0.15, 0.2) is 78.9 Å². The van der Waals surface area contributed by atoms with E-state index in [1.54, 1.807) is 24.3 Å². The molecule has 0 radical (unpaired) electrons. The third-order valence-corrected chi connectivity index (χ3v) is 8.77. The molecule has 0 aromatic heterocycles. The van der Waals surface area contributed by atoms with Gasteiger partial charge in [-0.25, -0.2) is 0 Å². The lowest BCUT2D eigenvalue weighted by Gasteiger charge is -2.33. The van der Waals surface area contributed by atoms with Crippen LogP contribution in [0, 0.1) is 6.92 Å². The summed E-state index contributed by atoms with van der Waals surface area (Å²) in [6.45, 7) is 6.15. The lowest BCUT2D eigenvalue weighted by Crippen LogP contribution is -2.58. The minimum Gasteiger partial charge on any atom is -0.381 e. The zero-order valence-electron chi connectivity index (χ0n) is 22.8. The van der Waals surface area contributed by atoms with Crippen LogP contribution in [0.3, 0.4) is 0 Å². The number of halogens is 1. The highest BCUT2D eigenvalue weighted by atomic mass is 35.5. The molecule has 3 atom stereocenters. The highest BCUT2D eigenvalue weighted by molar-refractivity contribution is 8.00. The Bertz CT molecular complexity index is 1350. The molecule has 9 heteroatoms. The predicted molar refractivity (Wildman–Crippen MR) is 159 cm³/mol. The van der Waals surface area contributed by atoms with Crippen LogP contribution in [0.1, 0.15) is 40.9 Å². The molecule has 1 saturated heterocycles. The maximum atomic E-state index is 13.8. The number of benzene rings is 3. The van der Waals surface area contributed by atoms with E-state index in [1.807, 2.05) is 75.4 Å². The van der Waals surface area contributed by atoms with Gasteiger partial charge in [0.15, 0.2) is 6.10 Å². The molecule has 0 saturated carbocycles. The largest absolute Gasteiger partial charge is 0.381 e. The topological polar surface area (TPSA) is 98.7 Å². The quantitative estimate of drug-likeness (QED) is 0.350. The smallest absolute Gasteiger partial charge is 0.254 e. The summed E-state index contributed by atoms with van der Waals surface area (Å²) in [7, 11) is 0. The summed E-state index contributed by atoms with van der Waals surface area (Å²) >= 11 is 7.44. The molecule has 40 heavy (non-hydrogen) atoms. The maximum Gasteiger partial charge on any atom is 0.254 e. The van der Waals surface area contributed by atoms with Crippen molar-refractivity contribution < 1.29 is 19.5 Å². The molecule has 3 aromatic carbocycles. The standard InChI is InChI=1S/C31H34ClN3O4S/c1-20-9-7-8-12-23(20)18-33-29(38)27-31(2,3)40-19-35(27)30(39)26(36)25(17-21-10-5-4-6-11-21)34-28(37)22-13-15-24(32)16-14-22/h4-16,25-27,36H,17-19H2,1-3H3,(H,33,38)(H,34,37). The Morgan fingerprint density at radius 3 is 2.35 bits per heavy atom. The zero-order chi connectivity index (χ0) is 28.9. The molecule has 3 unspecified atom stereocenters. The van der Waals surface area contributed by atoms with Crippen LogP contribution in [0.2, 0.25) is 5.02 Å². The van der Waals surface area contributed by atoms with Crippen molar-refractivity contribution in [3.8, 4) is 0 Å².